The van der Waals surface area contributed by atoms with Crippen LogP contribution in [0.1, 0.15) is 15.9 Å². The second kappa shape index (κ2) is 6.41. The van der Waals surface area contributed by atoms with Gasteiger partial charge in [-0.1, -0.05) is 23.2 Å². The Labute approximate surface area is 133 Å². The average molecular weight is 350 g/mol. The van der Waals surface area contributed by atoms with Gasteiger partial charge < -0.3 is 0 Å². The number of halogens is 5. The van der Waals surface area contributed by atoms with Crippen molar-refractivity contribution in [1.82, 2.24) is 10.4 Å². The van der Waals surface area contributed by atoms with Gasteiger partial charge in [0.1, 0.15) is 5.82 Å². The average Bonchev–Trinajstić information content (AvgIpc) is 2.47. The van der Waals surface area contributed by atoms with Gasteiger partial charge in [0.15, 0.2) is 0 Å². The number of hydrogen-bond acceptors (Lipinski definition) is 3. The van der Waals surface area contributed by atoms with E-state index in [1.165, 1.54) is 18.2 Å². The van der Waals surface area contributed by atoms with E-state index in [2.05, 4.69) is 15.8 Å². The highest BCUT2D eigenvalue weighted by atomic mass is 35.5. The normalized spacial score (nSPS) is 11.1. The predicted octanol–water partition coefficient (Wildman–Crippen LogP) is 4.16. The molecule has 22 heavy (non-hydrogen) atoms. The quantitative estimate of drug-likeness (QED) is 0.818. The Balaban J connectivity index is 2.00. The Bertz CT molecular complexity index is 690. The van der Waals surface area contributed by atoms with Gasteiger partial charge in [-0.3, -0.25) is 15.6 Å². The van der Waals surface area contributed by atoms with Gasteiger partial charge in [0.05, 0.1) is 15.6 Å². The highest BCUT2D eigenvalue weighted by Gasteiger charge is 2.30. The number of benzene rings is 1. The molecule has 0 atom stereocenters. The molecule has 0 fully saturated rings. The number of alkyl halides is 3. The summed E-state index contributed by atoms with van der Waals surface area (Å²) in [5.74, 6) is -0.485. The summed E-state index contributed by atoms with van der Waals surface area (Å²) in [7, 11) is 0. The minimum absolute atomic E-state index is 0.0569. The number of hydrogen-bond donors (Lipinski definition) is 2. The zero-order valence-corrected chi connectivity index (χ0v) is 12.2. The largest absolute Gasteiger partial charge is 0.417 e. The fraction of sp³-hybridized carbons (Fsp3) is 0.0769. The smallest absolute Gasteiger partial charge is 0.282 e. The van der Waals surface area contributed by atoms with E-state index in [0.717, 1.165) is 12.1 Å². The van der Waals surface area contributed by atoms with Crippen LogP contribution < -0.4 is 10.9 Å². The maximum atomic E-state index is 12.4. The molecule has 0 aliphatic heterocycles. The van der Waals surface area contributed by atoms with Crippen molar-refractivity contribution in [3.63, 3.8) is 0 Å². The maximum Gasteiger partial charge on any atom is 0.417 e. The van der Waals surface area contributed by atoms with E-state index in [1.54, 1.807) is 0 Å². The third-order valence-electron chi connectivity index (χ3n) is 2.58. The number of carbonyl (C=O) groups is 1. The summed E-state index contributed by atoms with van der Waals surface area (Å²) >= 11 is 11.5. The van der Waals surface area contributed by atoms with Crippen molar-refractivity contribution in [2.24, 2.45) is 0 Å². The number of carbonyl (C=O) groups excluding carboxylic acids is 1. The lowest BCUT2D eigenvalue weighted by Crippen LogP contribution is -2.29. The van der Waals surface area contributed by atoms with Crippen molar-refractivity contribution < 1.29 is 18.0 Å². The van der Waals surface area contributed by atoms with E-state index in [-0.39, 0.29) is 16.4 Å². The van der Waals surface area contributed by atoms with Crippen LogP contribution in [0.5, 0.6) is 0 Å². The molecule has 4 nitrogen and oxygen atoms in total. The topological polar surface area (TPSA) is 54.0 Å². The Morgan fingerprint density at radius 1 is 1.09 bits per heavy atom. The molecule has 0 aliphatic rings. The molecular formula is C13H8Cl2F3N3O. The lowest BCUT2D eigenvalue weighted by atomic mass is 10.2. The van der Waals surface area contributed by atoms with Gasteiger partial charge >= 0.3 is 6.18 Å². The molecule has 0 saturated carbocycles. The number of hydrazine groups is 1. The summed E-state index contributed by atoms with van der Waals surface area (Å²) in [6, 6.07) is 6.21. The first-order valence-corrected chi connectivity index (χ1v) is 6.57. The Morgan fingerprint density at radius 3 is 2.36 bits per heavy atom. The van der Waals surface area contributed by atoms with Gasteiger partial charge in [0, 0.05) is 11.8 Å². The van der Waals surface area contributed by atoms with Gasteiger partial charge in [0.2, 0.25) is 0 Å². The van der Waals surface area contributed by atoms with Crippen LogP contribution in [-0.4, -0.2) is 10.9 Å². The van der Waals surface area contributed by atoms with Crippen LogP contribution in [0, 0.1) is 0 Å². The van der Waals surface area contributed by atoms with Crippen molar-refractivity contribution >= 4 is 34.9 Å². The van der Waals surface area contributed by atoms with Crippen molar-refractivity contribution in [2.45, 2.75) is 6.18 Å². The van der Waals surface area contributed by atoms with Crippen molar-refractivity contribution in [2.75, 3.05) is 5.43 Å². The van der Waals surface area contributed by atoms with Gasteiger partial charge in [-0.25, -0.2) is 4.98 Å². The zero-order chi connectivity index (χ0) is 16.3. The molecule has 0 radical (unpaired) electrons. The van der Waals surface area contributed by atoms with Gasteiger partial charge in [-0.15, -0.1) is 0 Å². The van der Waals surface area contributed by atoms with E-state index in [9.17, 15) is 18.0 Å². The fourth-order valence-electron chi connectivity index (χ4n) is 1.47. The Hall–Kier alpha value is -1.99. The van der Waals surface area contributed by atoms with Gasteiger partial charge in [-0.05, 0) is 30.3 Å². The van der Waals surface area contributed by atoms with Crippen LogP contribution >= 0.6 is 23.2 Å². The number of rotatable bonds is 3. The summed E-state index contributed by atoms with van der Waals surface area (Å²) in [6.07, 6.45) is -3.80. The molecule has 0 spiro atoms. The summed E-state index contributed by atoms with van der Waals surface area (Å²) in [5, 5.41) is 0.512. The molecule has 116 valence electrons. The summed E-state index contributed by atoms with van der Waals surface area (Å²) < 4.78 is 37.1. The Morgan fingerprint density at radius 2 is 1.82 bits per heavy atom. The molecule has 9 heteroatoms. The molecule has 1 aromatic heterocycles. The lowest BCUT2D eigenvalue weighted by molar-refractivity contribution is -0.137. The van der Waals surface area contributed by atoms with Crippen LogP contribution in [0.15, 0.2) is 36.5 Å². The van der Waals surface area contributed by atoms with Crippen LogP contribution in [0.3, 0.4) is 0 Å². The van der Waals surface area contributed by atoms with Crippen LogP contribution in [-0.2, 0) is 6.18 Å². The van der Waals surface area contributed by atoms with Crippen LogP contribution in [0.25, 0.3) is 0 Å². The molecule has 1 aromatic carbocycles. The standard InChI is InChI=1S/C13H8Cl2F3N3O/c14-9-3-1-7(5-10(9)15)12(22)21-20-11-4-2-8(6-19-11)13(16,17)18/h1-6H,(H,19,20)(H,21,22). The second-order valence-corrected chi connectivity index (χ2v) is 4.95. The number of anilines is 1. The molecule has 0 bridgehead atoms. The monoisotopic (exact) mass is 349 g/mol. The summed E-state index contributed by atoms with van der Waals surface area (Å²) in [6.45, 7) is 0. The molecule has 2 rings (SSSR count). The Kier molecular flexibility index (Phi) is 4.77. The van der Waals surface area contributed by atoms with Crippen molar-refractivity contribution in [3.8, 4) is 0 Å². The van der Waals surface area contributed by atoms with Crippen LogP contribution in [0.4, 0.5) is 19.0 Å². The lowest BCUT2D eigenvalue weighted by Gasteiger charge is -2.10. The van der Waals surface area contributed by atoms with Gasteiger partial charge in [0.25, 0.3) is 5.91 Å². The first-order chi connectivity index (χ1) is 10.3. The molecule has 0 aliphatic carbocycles. The van der Waals surface area contributed by atoms with Crippen LogP contribution in [0.2, 0.25) is 10.0 Å². The molecule has 1 amide bonds. The highest BCUT2D eigenvalue weighted by molar-refractivity contribution is 6.42. The third-order valence-corrected chi connectivity index (χ3v) is 3.32. The number of aromatic nitrogens is 1. The molecule has 2 aromatic rings. The number of pyridine rings is 1. The third kappa shape index (κ3) is 4.02. The highest BCUT2D eigenvalue weighted by Crippen LogP contribution is 2.28. The molecule has 2 N–H and O–H groups in total. The summed E-state index contributed by atoms with van der Waals surface area (Å²) in [4.78, 5) is 15.4. The molecular weight excluding hydrogens is 342 g/mol. The number of nitrogens with one attached hydrogen (secondary N) is 2. The van der Waals surface area contributed by atoms with Crippen molar-refractivity contribution in [3.05, 3.63) is 57.7 Å². The second-order valence-electron chi connectivity index (χ2n) is 4.14. The van der Waals surface area contributed by atoms with E-state index >= 15 is 0 Å². The molecule has 0 saturated heterocycles. The van der Waals surface area contributed by atoms with E-state index in [1.807, 2.05) is 0 Å². The van der Waals surface area contributed by atoms with E-state index in [0.29, 0.717) is 11.2 Å². The summed E-state index contributed by atoms with van der Waals surface area (Å²) in [5.41, 5.74) is 4.04. The zero-order valence-electron chi connectivity index (χ0n) is 10.7. The molecule has 0 unspecified atom stereocenters. The predicted molar refractivity (Wildman–Crippen MR) is 76.8 cm³/mol. The first-order valence-electron chi connectivity index (χ1n) is 5.82. The first kappa shape index (κ1) is 16.4. The number of nitrogens with zero attached hydrogens (tertiary/aromatic N) is 1. The van der Waals surface area contributed by atoms with E-state index in [4.69, 9.17) is 23.2 Å². The minimum Gasteiger partial charge on any atom is -0.282 e. The molecule has 1 heterocycles. The fourth-order valence-corrected chi connectivity index (χ4v) is 1.76. The number of amides is 1. The van der Waals surface area contributed by atoms with Gasteiger partial charge in [-0.2, -0.15) is 13.2 Å². The maximum absolute atomic E-state index is 12.4. The minimum atomic E-state index is -4.46. The van der Waals surface area contributed by atoms with E-state index < -0.39 is 17.6 Å². The SMILES string of the molecule is O=C(NNc1ccc(C(F)(F)F)cn1)c1ccc(Cl)c(Cl)c1. The van der Waals surface area contributed by atoms with Crippen molar-refractivity contribution in [1.29, 1.82) is 0 Å².